The molecule has 0 aliphatic heterocycles. The maximum absolute atomic E-state index is 13.7. The quantitative estimate of drug-likeness (QED) is 0.247. The number of carbonyl (C=O) groups is 2. The number of halogens is 2. The van der Waals surface area contributed by atoms with Crippen LogP contribution >= 0.6 is 34.5 Å². The topological polar surface area (TPSA) is 66.8 Å². The van der Waals surface area contributed by atoms with Crippen molar-refractivity contribution >= 4 is 46.4 Å². The van der Waals surface area contributed by atoms with Crippen molar-refractivity contribution < 1.29 is 19.4 Å². The van der Waals surface area contributed by atoms with Gasteiger partial charge in [-0.3, -0.25) is 4.79 Å². The van der Waals surface area contributed by atoms with Crippen LogP contribution in [0.25, 0.3) is 11.1 Å². The third-order valence-corrected chi connectivity index (χ3v) is 7.21. The van der Waals surface area contributed by atoms with Crippen molar-refractivity contribution in [2.24, 2.45) is 0 Å². The minimum Gasteiger partial charge on any atom is -0.497 e. The van der Waals surface area contributed by atoms with Gasteiger partial charge in [0.1, 0.15) is 11.8 Å². The van der Waals surface area contributed by atoms with Gasteiger partial charge in [0, 0.05) is 16.3 Å². The number of hydrogen-bond acceptors (Lipinski definition) is 4. The first kappa shape index (κ1) is 25.8. The number of rotatable bonds is 9. The van der Waals surface area contributed by atoms with Gasteiger partial charge in [0.15, 0.2) is 0 Å². The van der Waals surface area contributed by atoms with Gasteiger partial charge in [0.05, 0.1) is 24.2 Å². The van der Waals surface area contributed by atoms with Crippen LogP contribution in [0.4, 0.5) is 0 Å². The second kappa shape index (κ2) is 11.6. The highest BCUT2D eigenvalue weighted by atomic mass is 35.5. The summed E-state index contributed by atoms with van der Waals surface area (Å²) in [6, 6.07) is 22.4. The summed E-state index contributed by atoms with van der Waals surface area (Å²) in [5, 5.41) is 12.7. The highest BCUT2D eigenvalue weighted by Crippen LogP contribution is 2.31. The summed E-state index contributed by atoms with van der Waals surface area (Å²) in [5.74, 6) is -0.832. The Morgan fingerprint density at radius 2 is 1.75 bits per heavy atom. The van der Waals surface area contributed by atoms with Gasteiger partial charge in [0.25, 0.3) is 5.91 Å². The van der Waals surface area contributed by atoms with Crippen LogP contribution in [0.1, 0.15) is 20.8 Å². The van der Waals surface area contributed by atoms with E-state index < -0.39 is 17.9 Å². The van der Waals surface area contributed by atoms with Crippen LogP contribution in [0.2, 0.25) is 10.0 Å². The normalized spacial score (nSPS) is 11.6. The van der Waals surface area contributed by atoms with E-state index in [0.717, 1.165) is 27.3 Å². The van der Waals surface area contributed by atoms with E-state index in [1.54, 1.807) is 13.2 Å². The molecule has 1 atom stereocenters. The zero-order chi connectivity index (χ0) is 25.7. The number of amides is 1. The predicted molar refractivity (Wildman–Crippen MR) is 144 cm³/mol. The van der Waals surface area contributed by atoms with Crippen molar-refractivity contribution in [1.29, 1.82) is 0 Å². The van der Waals surface area contributed by atoms with Gasteiger partial charge >= 0.3 is 5.97 Å². The average molecular weight is 540 g/mol. The molecule has 36 heavy (non-hydrogen) atoms. The Kier molecular flexibility index (Phi) is 8.31. The lowest BCUT2D eigenvalue weighted by atomic mass is 10.0. The molecule has 4 aromatic rings. The van der Waals surface area contributed by atoms with E-state index in [9.17, 15) is 14.7 Å². The Balaban J connectivity index is 1.70. The number of benzene rings is 3. The third kappa shape index (κ3) is 6.08. The third-order valence-electron chi connectivity index (χ3n) is 5.74. The molecule has 0 spiro atoms. The number of hydrogen-bond donors (Lipinski definition) is 1. The molecule has 3 aromatic carbocycles. The standard InChI is InChI=1S/C28H23Cl2NO4S/c1-35-22-9-5-8-19(13-22)20-14-23(36-17-20)16-31(27(32)24-11-10-21(29)15-25(24)30)26(28(33)34)12-18-6-3-2-4-7-18/h2-11,13-15,17,26H,12,16H2,1H3,(H,33,34). The van der Waals surface area contributed by atoms with Gasteiger partial charge in [-0.05, 0) is 58.5 Å². The van der Waals surface area contributed by atoms with Gasteiger partial charge in [-0.15, -0.1) is 11.3 Å². The molecule has 4 rings (SSSR count). The minimum absolute atomic E-state index is 0.107. The Labute approximate surface area is 223 Å². The second-order valence-electron chi connectivity index (χ2n) is 8.13. The number of ether oxygens (including phenoxy) is 1. The molecule has 0 aliphatic rings. The number of nitrogens with zero attached hydrogens (tertiary/aromatic N) is 1. The first-order valence-electron chi connectivity index (χ1n) is 11.1. The second-order valence-corrected chi connectivity index (χ2v) is 9.97. The molecule has 1 heterocycles. The summed E-state index contributed by atoms with van der Waals surface area (Å²) >= 11 is 13.8. The maximum Gasteiger partial charge on any atom is 0.326 e. The van der Waals surface area contributed by atoms with Crippen LogP contribution in [-0.4, -0.2) is 35.0 Å². The van der Waals surface area contributed by atoms with Gasteiger partial charge in [-0.2, -0.15) is 0 Å². The fourth-order valence-corrected chi connectivity index (χ4v) is 5.28. The zero-order valence-corrected chi connectivity index (χ0v) is 21.7. The summed E-state index contributed by atoms with van der Waals surface area (Å²) in [7, 11) is 1.61. The number of aliphatic carboxylic acids is 1. The van der Waals surface area contributed by atoms with Crippen molar-refractivity contribution in [3.8, 4) is 16.9 Å². The number of thiophene rings is 1. The first-order chi connectivity index (χ1) is 17.4. The van der Waals surface area contributed by atoms with Crippen molar-refractivity contribution in [2.75, 3.05) is 7.11 Å². The number of carboxylic acids is 1. The van der Waals surface area contributed by atoms with E-state index in [0.29, 0.717) is 5.02 Å². The van der Waals surface area contributed by atoms with Crippen LogP contribution in [0.5, 0.6) is 5.75 Å². The summed E-state index contributed by atoms with van der Waals surface area (Å²) < 4.78 is 5.33. The number of methoxy groups -OCH3 is 1. The SMILES string of the molecule is COc1cccc(-c2csc(CN(C(=O)c3ccc(Cl)cc3Cl)C(Cc3ccccc3)C(=O)O)c2)c1. The molecule has 0 bridgehead atoms. The number of carbonyl (C=O) groups excluding carboxylic acids is 1. The highest BCUT2D eigenvalue weighted by Gasteiger charge is 2.32. The fourth-order valence-electron chi connectivity index (χ4n) is 3.89. The zero-order valence-electron chi connectivity index (χ0n) is 19.4. The van der Waals surface area contributed by atoms with E-state index in [1.807, 2.05) is 66.0 Å². The molecule has 1 N–H and O–H groups in total. The highest BCUT2D eigenvalue weighted by molar-refractivity contribution is 7.10. The molecule has 0 aliphatic carbocycles. The van der Waals surface area contributed by atoms with Crippen LogP contribution in [0, 0.1) is 0 Å². The lowest BCUT2D eigenvalue weighted by molar-refractivity contribution is -0.142. The molecular formula is C28H23Cl2NO4S. The van der Waals surface area contributed by atoms with Gasteiger partial charge < -0.3 is 14.7 Å². The predicted octanol–water partition coefficient (Wildman–Crippen LogP) is 7.07. The molecule has 1 aromatic heterocycles. The van der Waals surface area contributed by atoms with Crippen LogP contribution in [0.3, 0.4) is 0 Å². The van der Waals surface area contributed by atoms with Crippen molar-refractivity contribution in [3.63, 3.8) is 0 Å². The van der Waals surface area contributed by atoms with Crippen molar-refractivity contribution in [1.82, 2.24) is 4.90 Å². The smallest absolute Gasteiger partial charge is 0.326 e. The first-order valence-corrected chi connectivity index (χ1v) is 12.7. The van der Waals surface area contributed by atoms with Crippen molar-refractivity contribution in [3.05, 3.63) is 110 Å². The Bertz CT molecular complexity index is 1370. The van der Waals surface area contributed by atoms with Crippen LogP contribution in [-0.2, 0) is 17.8 Å². The molecule has 0 saturated heterocycles. The maximum atomic E-state index is 13.7. The molecular weight excluding hydrogens is 517 g/mol. The average Bonchev–Trinajstić information content (AvgIpc) is 3.35. The molecule has 1 amide bonds. The number of carboxylic acid groups (broad SMARTS) is 1. The van der Waals surface area contributed by atoms with Gasteiger partial charge in [0.2, 0.25) is 0 Å². The lowest BCUT2D eigenvalue weighted by Crippen LogP contribution is -2.46. The molecule has 1 unspecified atom stereocenters. The van der Waals surface area contributed by atoms with E-state index in [2.05, 4.69) is 0 Å². The lowest BCUT2D eigenvalue weighted by Gasteiger charge is -2.29. The summed E-state index contributed by atoms with van der Waals surface area (Å²) in [4.78, 5) is 28.4. The monoisotopic (exact) mass is 539 g/mol. The van der Waals surface area contributed by atoms with E-state index in [1.165, 1.54) is 28.4 Å². The molecule has 0 fully saturated rings. The summed E-state index contributed by atoms with van der Waals surface area (Å²) in [5.41, 5.74) is 2.94. The largest absolute Gasteiger partial charge is 0.497 e. The minimum atomic E-state index is -1.10. The van der Waals surface area contributed by atoms with Crippen LogP contribution in [0.15, 0.2) is 84.2 Å². The van der Waals surface area contributed by atoms with Gasteiger partial charge in [-0.1, -0.05) is 65.7 Å². The summed E-state index contributed by atoms with van der Waals surface area (Å²) in [6.07, 6.45) is 0.154. The van der Waals surface area contributed by atoms with Crippen molar-refractivity contribution in [2.45, 2.75) is 19.0 Å². The Morgan fingerprint density at radius 3 is 2.44 bits per heavy atom. The molecule has 0 radical (unpaired) electrons. The molecule has 8 heteroatoms. The molecule has 5 nitrogen and oxygen atoms in total. The molecule has 0 saturated carbocycles. The van der Waals surface area contributed by atoms with E-state index >= 15 is 0 Å². The van der Waals surface area contributed by atoms with Gasteiger partial charge in [-0.25, -0.2) is 4.79 Å². The molecule has 184 valence electrons. The Hall–Kier alpha value is -3.32. The Morgan fingerprint density at radius 1 is 0.972 bits per heavy atom. The summed E-state index contributed by atoms with van der Waals surface area (Å²) in [6.45, 7) is 0.107. The van der Waals surface area contributed by atoms with E-state index in [4.69, 9.17) is 27.9 Å². The fraction of sp³-hybridized carbons (Fsp3) is 0.143. The van der Waals surface area contributed by atoms with Crippen LogP contribution < -0.4 is 4.74 Å². The van der Waals surface area contributed by atoms with E-state index in [-0.39, 0.29) is 23.6 Å².